The molecule has 5 nitrogen and oxygen atoms in total. The highest BCUT2D eigenvalue weighted by Gasteiger charge is 2.33. The average Bonchev–Trinajstić information content (AvgIpc) is 2.84. The van der Waals surface area contributed by atoms with E-state index >= 15 is 0 Å². The maximum atomic E-state index is 13.8. The second-order valence-electron chi connectivity index (χ2n) is 7.66. The van der Waals surface area contributed by atoms with Gasteiger partial charge in [-0.05, 0) is 34.9 Å². The van der Waals surface area contributed by atoms with E-state index in [1.807, 2.05) is 88.7 Å². The number of carbonyl (C=O) groups is 2. The molecule has 0 aliphatic carbocycles. The van der Waals surface area contributed by atoms with Gasteiger partial charge in [-0.25, -0.2) is 0 Å². The summed E-state index contributed by atoms with van der Waals surface area (Å²) in [5.41, 5.74) is 3.58. The summed E-state index contributed by atoms with van der Waals surface area (Å²) in [6.07, 6.45) is 0. The highest BCUT2D eigenvalue weighted by atomic mass is 16.5. The first-order chi connectivity index (χ1) is 15.1. The van der Waals surface area contributed by atoms with Crippen LogP contribution in [-0.2, 0) is 4.79 Å². The van der Waals surface area contributed by atoms with Crippen LogP contribution in [0.2, 0.25) is 0 Å². The fourth-order valence-electron chi connectivity index (χ4n) is 4.12. The molecule has 1 aliphatic heterocycles. The summed E-state index contributed by atoms with van der Waals surface area (Å²) >= 11 is 0. The lowest BCUT2D eigenvalue weighted by molar-refractivity contribution is -0.131. The van der Waals surface area contributed by atoms with E-state index in [1.165, 1.54) is 0 Å². The van der Waals surface area contributed by atoms with Crippen LogP contribution in [0.5, 0.6) is 5.75 Å². The number of amides is 2. The number of piperazine rings is 1. The number of nitrogens with zero attached hydrogens (tertiary/aromatic N) is 2. The first-order valence-electron chi connectivity index (χ1n) is 10.4. The van der Waals surface area contributed by atoms with Crippen LogP contribution in [0.1, 0.15) is 28.9 Å². The van der Waals surface area contributed by atoms with E-state index in [0.717, 1.165) is 22.4 Å². The molecule has 1 fully saturated rings. The molecule has 1 atom stereocenters. The van der Waals surface area contributed by atoms with Crippen LogP contribution < -0.4 is 4.74 Å². The average molecular weight is 415 g/mol. The van der Waals surface area contributed by atoms with Crippen molar-refractivity contribution in [3.8, 4) is 16.9 Å². The van der Waals surface area contributed by atoms with Crippen LogP contribution in [0.3, 0.4) is 0 Å². The zero-order chi connectivity index (χ0) is 21.8. The molecule has 0 radical (unpaired) electrons. The van der Waals surface area contributed by atoms with Crippen LogP contribution in [0.4, 0.5) is 0 Å². The SMILES string of the molecule is COc1ccc(C2CN(C(C)=O)CCN2C(=O)c2ccccc2-c2ccccc2)cc1. The molecule has 0 bridgehead atoms. The van der Waals surface area contributed by atoms with Gasteiger partial charge >= 0.3 is 0 Å². The second-order valence-corrected chi connectivity index (χ2v) is 7.66. The molecule has 4 rings (SSSR count). The van der Waals surface area contributed by atoms with E-state index < -0.39 is 0 Å². The van der Waals surface area contributed by atoms with Gasteiger partial charge in [0.25, 0.3) is 5.91 Å². The Balaban J connectivity index is 1.71. The molecule has 0 spiro atoms. The largest absolute Gasteiger partial charge is 0.497 e. The molecule has 5 heteroatoms. The van der Waals surface area contributed by atoms with Gasteiger partial charge in [0.15, 0.2) is 0 Å². The van der Waals surface area contributed by atoms with Crippen molar-refractivity contribution in [3.05, 3.63) is 90.0 Å². The van der Waals surface area contributed by atoms with Gasteiger partial charge in [0.2, 0.25) is 5.91 Å². The molecule has 1 aliphatic rings. The smallest absolute Gasteiger partial charge is 0.255 e. The Morgan fingerprint density at radius 3 is 2.23 bits per heavy atom. The van der Waals surface area contributed by atoms with Crippen LogP contribution >= 0.6 is 0 Å². The number of methoxy groups -OCH3 is 1. The summed E-state index contributed by atoms with van der Waals surface area (Å²) < 4.78 is 5.28. The molecule has 1 heterocycles. The van der Waals surface area contributed by atoms with E-state index in [1.54, 1.807) is 14.0 Å². The van der Waals surface area contributed by atoms with Gasteiger partial charge < -0.3 is 14.5 Å². The van der Waals surface area contributed by atoms with E-state index in [4.69, 9.17) is 4.74 Å². The zero-order valence-corrected chi connectivity index (χ0v) is 17.8. The van der Waals surface area contributed by atoms with Crippen LogP contribution in [-0.4, -0.2) is 48.4 Å². The standard InChI is InChI=1S/C26H26N2O3/c1-19(29)27-16-17-28(25(18-27)21-12-14-22(31-2)15-13-21)26(30)24-11-7-6-10-23(24)20-8-4-3-5-9-20/h3-15,25H,16-18H2,1-2H3. The summed E-state index contributed by atoms with van der Waals surface area (Å²) in [5.74, 6) is 0.758. The summed E-state index contributed by atoms with van der Waals surface area (Å²) in [7, 11) is 1.63. The Morgan fingerprint density at radius 1 is 0.871 bits per heavy atom. The first-order valence-corrected chi connectivity index (χ1v) is 10.4. The molecule has 3 aromatic carbocycles. The van der Waals surface area contributed by atoms with E-state index in [2.05, 4.69) is 0 Å². The molecule has 0 aromatic heterocycles. The molecule has 158 valence electrons. The molecule has 1 saturated heterocycles. The molecule has 2 amide bonds. The molecule has 3 aromatic rings. The number of benzene rings is 3. The van der Waals surface area contributed by atoms with Gasteiger partial charge in [0.05, 0.1) is 13.2 Å². The molecular weight excluding hydrogens is 388 g/mol. The number of carbonyl (C=O) groups excluding carboxylic acids is 2. The number of ether oxygens (including phenoxy) is 1. The van der Waals surface area contributed by atoms with Gasteiger partial charge in [0, 0.05) is 32.1 Å². The van der Waals surface area contributed by atoms with Crippen molar-refractivity contribution in [2.45, 2.75) is 13.0 Å². The van der Waals surface area contributed by atoms with Gasteiger partial charge in [-0.15, -0.1) is 0 Å². The number of hydrogen-bond donors (Lipinski definition) is 0. The van der Waals surface area contributed by atoms with E-state index in [0.29, 0.717) is 25.2 Å². The normalized spacial score (nSPS) is 16.1. The zero-order valence-electron chi connectivity index (χ0n) is 17.8. The Kier molecular flexibility index (Phi) is 6.03. The fourth-order valence-corrected chi connectivity index (χ4v) is 4.12. The minimum Gasteiger partial charge on any atom is -0.497 e. The van der Waals surface area contributed by atoms with E-state index in [9.17, 15) is 9.59 Å². The van der Waals surface area contributed by atoms with Crippen molar-refractivity contribution in [2.75, 3.05) is 26.7 Å². The second kappa shape index (κ2) is 9.04. The summed E-state index contributed by atoms with van der Waals surface area (Å²) in [4.78, 5) is 29.5. The molecule has 0 N–H and O–H groups in total. The minimum absolute atomic E-state index is 0.0234. The van der Waals surface area contributed by atoms with Gasteiger partial charge in [-0.1, -0.05) is 60.7 Å². The molecular formula is C26H26N2O3. The maximum absolute atomic E-state index is 13.8. The summed E-state index contributed by atoms with van der Waals surface area (Å²) in [6, 6.07) is 25.2. The van der Waals surface area contributed by atoms with Crippen LogP contribution in [0.15, 0.2) is 78.9 Å². The summed E-state index contributed by atoms with van der Waals surface area (Å²) in [5, 5.41) is 0. The fraction of sp³-hybridized carbons (Fsp3) is 0.231. The predicted octanol–water partition coefficient (Wildman–Crippen LogP) is 4.41. The van der Waals surface area contributed by atoms with Crippen LogP contribution in [0.25, 0.3) is 11.1 Å². The van der Waals surface area contributed by atoms with Crippen molar-refractivity contribution in [1.82, 2.24) is 9.80 Å². The van der Waals surface area contributed by atoms with Gasteiger partial charge in [-0.2, -0.15) is 0 Å². The lowest BCUT2D eigenvalue weighted by Gasteiger charge is -2.41. The third-order valence-corrected chi connectivity index (χ3v) is 5.83. The van der Waals surface area contributed by atoms with Crippen molar-refractivity contribution in [2.24, 2.45) is 0 Å². The van der Waals surface area contributed by atoms with Gasteiger partial charge in [0.1, 0.15) is 5.75 Å². The lowest BCUT2D eigenvalue weighted by Crippen LogP contribution is -2.52. The number of rotatable bonds is 4. The third-order valence-electron chi connectivity index (χ3n) is 5.83. The minimum atomic E-state index is -0.222. The molecule has 31 heavy (non-hydrogen) atoms. The van der Waals surface area contributed by atoms with Crippen molar-refractivity contribution in [1.29, 1.82) is 0 Å². The Bertz CT molecular complexity index is 1060. The van der Waals surface area contributed by atoms with Crippen molar-refractivity contribution < 1.29 is 14.3 Å². The van der Waals surface area contributed by atoms with Crippen LogP contribution in [0, 0.1) is 0 Å². The Hall–Kier alpha value is -3.60. The lowest BCUT2D eigenvalue weighted by atomic mass is 9.96. The Labute approximate surface area is 182 Å². The Morgan fingerprint density at radius 2 is 1.55 bits per heavy atom. The first kappa shape index (κ1) is 20.7. The molecule has 0 saturated carbocycles. The van der Waals surface area contributed by atoms with E-state index in [-0.39, 0.29) is 17.9 Å². The maximum Gasteiger partial charge on any atom is 0.255 e. The van der Waals surface area contributed by atoms with Crippen molar-refractivity contribution >= 4 is 11.8 Å². The molecule has 1 unspecified atom stereocenters. The third kappa shape index (κ3) is 4.31. The number of hydrogen-bond acceptors (Lipinski definition) is 3. The summed E-state index contributed by atoms with van der Waals surface area (Å²) in [6.45, 7) is 3.06. The monoisotopic (exact) mass is 414 g/mol. The topological polar surface area (TPSA) is 49.9 Å². The van der Waals surface area contributed by atoms with Gasteiger partial charge in [-0.3, -0.25) is 9.59 Å². The predicted molar refractivity (Wildman–Crippen MR) is 121 cm³/mol. The highest BCUT2D eigenvalue weighted by molar-refractivity contribution is 6.01. The quantitative estimate of drug-likeness (QED) is 0.636. The highest BCUT2D eigenvalue weighted by Crippen LogP contribution is 2.31. The van der Waals surface area contributed by atoms with Crippen molar-refractivity contribution in [3.63, 3.8) is 0 Å².